The van der Waals surface area contributed by atoms with Gasteiger partial charge in [-0.25, -0.2) is 0 Å². The summed E-state index contributed by atoms with van der Waals surface area (Å²) in [5.41, 5.74) is 0. The summed E-state index contributed by atoms with van der Waals surface area (Å²) >= 11 is 0. The van der Waals surface area contributed by atoms with Crippen LogP contribution in [0.4, 0.5) is 0 Å². The summed E-state index contributed by atoms with van der Waals surface area (Å²) in [6.45, 7) is 4.28. The number of rotatable bonds is 4. The molecule has 0 radical (unpaired) electrons. The van der Waals surface area contributed by atoms with Crippen LogP contribution >= 0.6 is 0 Å². The fourth-order valence-electron chi connectivity index (χ4n) is 3.54. The van der Waals surface area contributed by atoms with E-state index in [0.717, 1.165) is 25.4 Å². The summed E-state index contributed by atoms with van der Waals surface area (Å²) in [5.74, 6) is 1.67. The third kappa shape index (κ3) is 3.98. The van der Waals surface area contributed by atoms with Crippen LogP contribution in [0.1, 0.15) is 51.9 Å². The topological polar surface area (TPSA) is 38.3 Å². The van der Waals surface area contributed by atoms with Crippen molar-refractivity contribution in [1.29, 1.82) is 0 Å². The number of carbonyl (C=O) groups is 1. The second-order valence-electron chi connectivity index (χ2n) is 5.95. The number of esters is 1. The quantitative estimate of drug-likeness (QED) is 0.783. The highest BCUT2D eigenvalue weighted by Crippen LogP contribution is 2.32. The Kier molecular flexibility index (Phi) is 5.48. The zero-order valence-electron chi connectivity index (χ0n) is 11.6. The molecule has 0 aromatic heterocycles. The third-order valence-corrected chi connectivity index (χ3v) is 4.45. The van der Waals surface area contributed by atoms with Crippen molar-refractivity contribution in [3.63, 3.8) is 0 Å². The summed E-state index contributed by atoms with van der Waals surface area (Å²) in [5, 5.41) is 3.41. The molecule has 2 fully saturated rings. The standard InChI is InChI=1S/C15H27NO2/c1-2-18-15(17)14-9-13(10-16-11-14)8-12-6-4-3-5-7-12/h12-14,16H,2-11H2,1H3/t13-,14+/m1/s1. The summed E-state index contributed by atoms with van der Waals surface area (Å²) in [6.07, 6.45) is 9.38. The van der Waals surface area contributed by atoms with E-state index in [9.17, 15) is 4.79 Å². The number of piperidine rings is 1. The van der Waals surface area contributed by atoms with Gasteiger partial charge in [0.15, 0.2) is 0 Å². The minimum Gasteiger partial charge on any atom is -0.466 e. The first-order valence-corrected chi connectivity index (χ1v) is 7.67. The van der Waals surface area contributed by atoms with Crippen molar-refractivity contribution < 1.29 is 9.53 Å². The van der Waals surface area contributed by atoms with Crippen LogP contribution < -0.4 is 5.32 Å². The van der Waals surface area contributed by atoms with Crippen molar-refractivity contribution >= 4 is 5.97 Å². The van der Waals surface area contributed by atoms with Crippen molar-refractivity contribution in [3.05, 3.63) is 0 Å². The molecule has 18 heavy (non-hydrogen) atoms. The lowest BCUT2D eigenvalue weighted by atomic mass is 9.79. The number of carbonyl (C=O) groups excluding carboxylic acids is 1. The zero-order valence-corrected chi connectivity index (χ0v) is 11.6. The highest BCUT2D eigenvalue weighted by molar-refractivity contribution is 5.72. The van der Waals surface area contributed by atoms with Gasteiger partial charge in [-0.3, -0.25) is 4.79 Å². The average molecular weight is 253 g/mol. The lowest BCUT2D eigenvalue weighted by Crippen LogP contribution is -2.41. The molecule has 1 saturated heterocycles. The molecule has 0 unspecified atom stereocenters. The van der Waals surface area contributed by atoms with Gasteiger partial charge in [0, 0.05) is 6.54 Å². The smallest absolute Gasteiger partial charge is 0.310 e. The summed E-state index contributed by atoms with van der Waals surface area (Å²) in [6, 6.07) is 0. The van der Waals surface area contributed by atoms with Crippen molar-refractivity contribution in [2.45, 2.75) is 51.9 Å². The molecule has 0 aromatic carbocycles. The molecule has 0 spiro atoms. The molecular weight excluding hydrogens is 226 g/mol. The average Bonchev–Trinajstić information content (AvgIpc) is 2.40. The molecular formula is C15H27NO2. The van der Waals surface area contributed by atoms with Gasteiger partial charge in [-0.1, -0.05) is 32.1 Å². The Bertz CT molecular complexity index is 261. The summed E-state index contributed by atoms with van der Waals surface area (Å²) in [4.78, 5) is 11.8. The van der Waals surface area contributed by atoms with Gasteiger partial charge in [0.05, 0.1) is 12.5 Å². The maximum Gasteiger partial charge on any atom is 0.310 e. The molecule has 0 amide bonds. The molecule has 104 valence electrons. The first-order valence-electron chi connectivity index (χ1n) is 7.67. The van der Waals surface area contributed by atoms with Gasteiger partial charge in [0.2, 0.25) is 0 Å². The van der Waals surface area contributed by atoms with Crippen LogP contribution in [0.5, 0.6) is 0 Å². The molecule has 2 rings (SSSR count). The van der Waals surface area contributed by atoms with E-state index in [1.807, 2.05) is 6.92 Å². The van der Waals surface area contributed by atoms with Gasteiger partial charge in [0.1, 0.15) is 0 Å². The van der Waals surface area contributed by atoms with Gasteiger partial charge >= 0.3 is 5.97 Å². The lowest BCUT2D eigenvalue weighted by Gasteiger charge is -2.32. The van der Waals surface area contributed by atoms with Crippen LogP contribution in [0.2, 0.25) is 0 Å². The summed E-state index contributed by atoms with van der Waals surface area (Å²) < 4.78 is 5.14. The monoisotopic (exact) mass is 253 g/mol. The molecule has 1 aliphatic carbocycles. The van der Waals surface area contributed by atoms with Crippen molar-refractivity contribution in [2.24, 2.45) is 17.8 Å². The lowest BCUT2D eigenvalue weighted by molar-refractivity contribution is -0.149. The van der Waals surface area contributed by atoms with E-state index in [2.05, 4.69) is 5.32 Å². The van der Waals surface area contributed by atoms with Crippen LogP contribution in [-0.4, -0.2) is 25.7 Å². The number of hydrogen-bond acceptors (Lipinski definition) is 3. The second kappa shape index (κ2) is 7.13. The molecule has 0 bridgehead atoms. The van der Waals surface area contributed by atoms with E-state index >= 15 is 0 Å². The Labute approximate surface area is 111 Å². The minimum absolute atomic E-state index is 0.00153. The first kappa shape index (κ1) is 13.9. The Balaban J connectivity index is 1.77. The Morgan fingerprint density at radius 1 is 1.17 bits per heavy atom. The maximum atomic E-state index is 11.8. The Hall–Kier alpha value is -0.570. The zero-order chi connectivity index (χ0) is 12.8. The molecule has 3 nitrogen and oxygen atoms in total. The van der Waals surface area contributed by atoms with Crippen molar-refractivity contribution in [1.82, 2.24) is 5.32 Å². The Morgan fingerprint density at radius 3 is 2.67 bits per heavy atom. The predicted molar refractivity (Wildman–Crippen MR) is 72.3 cm³/mol. The molecule has 2 aliphatic rings. The molecule has 1 saturated carbocycles. The van der Waals surface area contributed by atoms with Gasteiger partial charge in [-0.15, -0.1) is 0 Å². The van der Waals surface area contributed by atoms with Crippen LogP contribution in [0.25, 0.3) is 0 Å². The van der Waals surface area contributed by atoms with Crippen LogP contribution in [0.3, 0.4) is 0 Å². The fourth-order valence-corrected chi connectivity index (χ4v) is 3.54. The SMILES string of the molecule is CCOC(=O)[C@@H]1CNC[C@H](CC2CCCCC2)C1. The van der Waals surface area contributed by atoms with E-state index in [-0.39, 0.29) is 11.9 Å². The molecule has 3 heteroatoms. The van der Waals surface area contributed by atoms with Gasteiger partial charge in [-0.2, -0.15) is 0 Å². The van der Waals surface area contributed by atoms with E-state index in [0.29, 0.717) is 12.5 Å². The fraction of sp³-hybridized carbons (Fsp3) is 0.933. The Morgan fingerprint density at radius 2 is 1.94 bits per heavy atom. The van der Waals surface area contributed by atoms with E-state index in [1.165, 1.54) is 38.5 Å². The maximum absolute atomic E-state index is 11.8. The number of hydrogen-bond donors (Lipinski definition) is 1. The molecule has 1 aliphatic heterocycles. The second-order valence-corrected chi connectivity index (χ2v) is 5.95. The number of nitrogens with one attached hydrogen (secondary N) is 1. The predicted octanol–water partition coefficient (Wildman–Crippen LogP) is 2.75. The van der Waals surface area contributed by atoms with Gasteiger partial charge in [0.25, 0.3) is 0 Å². The van der Waals surface area contributed by atoms with E-state index in [1.54, 1.807) is 0 Å². The van der Waals surface area contributed by atoms with Crippen LogP contribution in [-0.2, 0) is 9.53 Å². The highest BCUT2D eigenvalue weighted by Gasteiger charge is 2.29. The normalized spacial score (nSPS) is 30.1. The van der Waals surface area contributed by atoms with Crippen molar-refractivity contribution in [2.75, 3.05) is 19.7 Å². The molecule has 0 aromatic rings. The van der Waals surface area contributed by atoms with E-state index in [4.69, 9.17) is 4.74 Å². The minimum atomic E-state index is -0.00153. The summed E-state index contributed by atoms with van der Waals surface area (Å²) in [7, 11) is 0. The molecule has 2 atom stereocenters. The third-order valence-electron chi connectivity index (χ3n) is 4.45. The van der Waals surface area contributed by atoms with Crippen LogP contribution in [0, 0.1) is 17.8 Å². The largest absolute Gasteiger partial charge is 0.466 e. The van der Waals surface area contributed by atoms with Crippen molar-refractivity contribution in [3.8, 4) is 0 Å². The van der Waals surface area contributed by atoms with Gasteiger partial charge in [-0.05, 0) is 38.1 Å². The highest BCUT2D eigenvalue weighted by atomic mass is 16.5. The van der Waals surface area contributed by atoms with E-state index < -0.39 is 0 Å². The molecule has 1 heterocycles. The van der Waals surface area contributed by atoms with Crippen LogP contribution in [0.15, 0.2) is 0 Å². The first-order chi connectivity index (χ1) is 8.79. The van der Waals surface area contributed by atoms with Gasteiger partial charge < -0.3 is 10.1 Å². The molecule has 1 N–H and O–H groups in total. The number of ether oxygens (including phenoxy) is 1.